The zero-order valence-electron chi connectivity index (χ0n) is 18.5. The Morgan fingerprint density at radius 1 is 1.10 bits per heavy atom. The topological polar surface area (TPSA) is 82.1 Å². The lowest BCUT2D eigenvalue weighted by molar-refractivity contribution is -0.133. The fourth-order valence-corrected chi connectivity index (χ4v) is 5.93. The maximum absolute atomic E-state index is 13.4. The van der Waals surface area contributed by atoms with Gasteiger partial charge in [-0.15, -0.1) is 0 Å². The van der Waals surface area contributed by atoms with Crippen molar-refractivity contribution in [2.24, 2.45) is 28.1 Å². The molecule has 6 nitrogen and oxygen atoms in total. The van der Waals surface area contributed by atoms with Crippen molar-refractivity contribution in [1.29, 1.82) is 0 Å². The molecule has 1 N–H and O–H groups in total. The minimum atomic E-state index is -1.31. The fraction of sp³-hybridized carbons (Fsp3) is 0.727. The van der Waals surface area contributed by atoms with Crippen molar-refractivity contribution in [2.75, 3.05) is 19.8 Å². The van der Waals surface area contributed by atoms with Gasteiger partial charge < -0.3 is 18.7 Å². The number of rotatable bonds is 3. The molecule has 3 aliphatic heterocycles. The van der Waals surface area contributed by atoms with Gasteiger partial charge in [0, 0.05) is 17.4 Å². The van der Waals surface area contributed by atoms with E-state index in [0.29, 0.717) is 31.8 Å². The highest BCUT2D eigenvalue weighted by molar-refractivity contribution is 7.41. The van der Waals surface area contributed by atoms with Crippen LogP contribution < -0.4 is 0 Å². The number of hydrogen-bond donors (Lipinski definition) is 1. The number of allylic oxidation sites excluding steroid dienone is 2. The van der Waals surface area contributed by atoms with Crippen molar-refractivity contribution >= 4 is 20.4 Å². The third-order valence-corrected chi connectivity index (χ3v) is 7.32. The summed E-state index contributed by atoms with van der Waals surface area (Å²) in [7, 11) is -1.31. The van der Waals surface area contributed by atoms with Gasteiger partial charge in [-0.3, -0.25) is 4.79 Å². The van der Waals surface area contributed by atoms with Crippen LogP contribution in [-0.4, -0.2) is 36.7 Å². The molecule has 0 aromatic carbocycles. The molecule has 1 aliphatic carbocycles. The zero-order chi connectivity index (χ0) is 21.8. The van der Waals surface area contributed by atoms with Gasteiger partial charge in [-0.1, -0.05) is 47.6 Å². The first-order valence-corrected chi connectivity index (χ1v) is 11.3. The monoisotopic (exact) mass is 424 g/mol. The Labute approximate surface area is 174 Å². The van der Waals surface area contributed by atoms with E-state index in [1.807, 2.05) is 26.8 Å². The highest BCUT2D eigenvalue weighted by Crippen LogP contribution is 2.58. The molecule has 3 fully saturated rings. The molecule has 2 bridgehead atoms. The molecule has 3 heterocycles. The minimum Gasteiger partial charge on any atom is -0.478 e. The van der Waals surface area contributed by atoms with Crippen molar-refractivity contribution < 1.29 is 28.3 Å². The molecule has 29 heavy (non-hydrogen) atoms. The lowest BCUT2D eigenvalue weighted by atomic mass is 9.60. The lowest BCUT2D eigenvalue weighted by Gasteiger charge is -2.49. The number of aliphatic carboxylic acids is 1. The van der Waals surface area contributed by atoms with E-state index in [1.54, 1.807) is 6.92 Å². The standard InChI is InChI=1S/C22H33O6P/c1-13(19(24)25)17(22-10-26-29(27-11-22)28-12-22)14-8-15(20(2,3)4)18(23)16(9-14)21(5,6)7/h8,14,16H,9-12H2,1-7H3,(H,24,25). The highest BCUT2D eigenvalue weighted by Gasteiger charge is 2.52. The molecule has 4 rings (SSSR count). The van der Waals surface area contributed by atoms with Crippen LogP contribution >= 0.6 is 8.60 Å². The molecular formula is C22H33O6P. The summed E-state index contributed by atoms with van der Waals surface area (Å²) >= 11 is 0. The average Bonchev–Trinajstić information content (AvgIpc) is 2.62. The van der Waals surface area contributed by atoms with Crippen LogP contribution in [0.1, 0.15) is 54.9 Å². The van der Waals surface area contributed by atoms with Crippen LogP contribution in [0.5, 0.6) is 0 Å². The SMILES string of the molecule is CC(C(=O)O)=C(C1C=C(C(C)(C)C)C(=O)C(C(C)(C)C)C1)C12COP(OC1)OC2. The second kappa shape index (κ2) is 7.56. The van der Waals surface area contributed by atoms with E-state index in [-0.39, 0.29) is 28.4 Å². The summed E-state index contributed by atoms with van der Waals surface area (Å²) in [6, 6.07) is 0. The Bertz CT molecular complexity index is 745. The van der Waals surface area contributed by atoms with E-state index in [0.717, 1.165) is 11.1 Å². The molecule has 4 aliphatic rings. The first-order chi connectivity index (χ1) is 13.3. The molecule has 162 valence electrons. The van der Waals surface area contributed by atoms with Gasteiger partial charge in [-0.05, 0) is 35.3 Å². The molecule has 3 saturated heterocycles. The maximum atomic E-state index is 13.4. The number of fused-ring (bicyclic) bond motifs is 3. The van der Waals surface area contributed by atoms with E-state index in [4.69, 9.17) is 13.6 Å². The lowest BCUT2D eigenvalue weighted by Crippen LogP contribution is -2.48. The maximum Gasteiger partial charge on any atom is 0.332 e. The second-order valence-electron chi connectivity index (χ2n) is 10.6. The summed E-state index contributed by atoms with van der Waals surface area (Å²) in [5.41, 5.74) is 0.672. The fourth-order valence-electron chi connectivity index (χ4n) is 4.65. The van der Waals surface area contributed by atoms with Crippen molar-refractivity contribution in [3.05, 3.63) is 22.8 Å². The van der Waals surface area contributed by atoms with Gasteiger partial charge in [0.25, 0.3) is 0 Å². The zero-order valence-corrected chi connectivity index (χ0v) is 19.4. The molecule has 2 atom stereocenters. The quantitative estimate of drug-likeness (QED) is 0.513. The van der Waals surface area contributed by atoms with Crippen LogP contribution in [0.4, 0.5) is 0 Å². The Morgan fingerprint density at radius 2 is 1.62 bits per heavy atom. The first-order valence-electron chi connectivity index (χ1n) is 10.2. The Morgan fingerprint density at radius 3 is 2.03 bits per heavy atom. The van der Waals surface area contributed by atoms with Gasteiger partial charge in [0.15, 0.2) is 5.78 Å². The number of carbonyl (C=O) groups is 2. The van der Waals surface area contributed by atoms with Crippen LogP contribution in [0, 0.1) is 28.1 Å². The summed E-state index contributed by atoms with van der Waals surface area (Å²) < 4.78 is 17.1. The Kier molecular flexibility index (Phi) is 5.90. The highest BCUT2D eigenvalue weighted by atomic mass is 31.2. The number of carboxylic acids is 1. The molecular weight excluding hydrogens is 391 g/mol. The van der Waals surface area contributed by atoms with Crippen LogP contribution in [0.3, 0.4) is 0 Å². The minimum absolute atomic E-state index is 0.172. The molecule has 7 heteroatoms. The third kappa shape index (κ3) is 4.23. The van der Waals surface area contributed by atoms with E-state index in [9.17, 15) is 14.7 Å². The smallest absolute Gasteiger partial charge is 0.332 e. The van der Waals surface area contributed by atoms with Crippen molar-refractivity contribution in [2.45, 2.75) is 54.9 Å². The van der Waals surface area contributed by atoms with E-state index in [1.165, 1.54) is 0 Å². The molecule has 0 amide bonds. The van der Waals surface area contributed by atoms with Crippen molar-refractivity contribution in [3.8, 4) is 0 Å². The normalized spacial score (nSPS) is 34.0. The van der Waals surface area contributed by atoms with Gasteiger partial charge in [-0.2, -0.15) is 0 Å². The third-order valence-electron chi connectivity index (χ3n) is 6.30. The molecule has 0 aromatic heterocycles. The number of Topliss-reactive ketones (excluding diaryl/α,β-unsaturated/α-hetero) is 1. The summed E-state index contributed by atoms with van der Waals surface area (Å²) in [6.07, 6.45) is 2.59. The number of ketones is 1. The van der Waals surface area contributed by atoms with Gasteiger partial charge >= 0.3 is 14.6 Å². The molecule has 0 saturated carbocycles. The second-order valence-corrected chi connectivity index (χ2v) is 11.8. The summed E-state index contributed by atoms with van der Waals surface area (Å²) in [6.45, 7) is 15.2. The predicted octanol–water partition coefficient (Wildman–Crippen LogP) is 4.90. The van der Waals surface area contributed by atoms with Crippen LogP contribution in [0.25, 0.3) is 0 Å². The van der Waals surface area contributed by atoms with E-state index >= 15 is 0 Å². The van der Waals surface area contributed by atoms with Gasteiger partial charge in [-0.25, -0.2) is 4.79 Å². The molecule has 0 radical (unpaired) electrons. The average molecular weight is 424 g/mol. The summed E-state index contributed by atoms with van der Waals surface area (Å²) in [5.74, 6) is -1.15. The largest absolute Gasteiger partial charge is 0.478 e. The van der Waals surface area contributed by atoms with Crippen LogP contribution in [0.2, 0.25) is 0 Å². The predicted molar refractivity (Wildman–Crippen MR) is 111 cm³/mol. The van der Waals surface area contributed by atoms with E-state index < -0.39 is 20.0 Å². The summed E-state index contributed by atoms with van der Waals surface area (Å²) in [5, 5.41) is 9.88. The summed E-state index contributed by atoms with van der Waals surface area (Å²) in [4.78, 5) is 25.4. The van der Waals surface area contributed by atoms with Gasteiger partial charge in [0.05, 0.1) is 25.2 Å². The van der Waals surface area contributed by atoms with Gasteiger partial charge in [0.2, 0.25) is 0 Å². The van der Waals surface area contributed by atoms with Crippen molar-refractivity contribution in [1.82, 2.24) is 0 Å². The first kappa shape index (κ1) is 22.6. The number of hydrogen-bond acceptors (Lipinski definition) is 5. The van der Waals surface area contributed by atoms with Crippen LogP contribution in [-0.2, 0) is 23.2 Å². The Hall–Kier alpha value is -1.07. The number of carboxylic acid groups (broad SMARTS) is 1. The Balaban J connectivity index is 2.16. The van der Waals surface area contributed by atoms with Crippen molar-refractivity contribution in [3.63, 3.8) is 0 Å². The number of carbonyl (C=O) groups excluding carboxylic acids is 1. The molecule has 2 unspecified atom stereocenters. The van der Waals surface area contributed by atoms with Crippen LogP contribution in [0.15, 0.2) is 22.8 Å². The van der Waals surface area contributed by atoms with Gasteiger partial charge in [0.1, 0.15) is 0 Å². The molecule has 0 aromatic rings. The van der Waals surface area contributed by atoms with E-state index in [2.05, 4.69) is 20.8 Å². The molecule has 0 spiro atoms.